The molecular formula is C6H12N4. The van der Waals surface area contributed by atoms with Crippen molar-refractivity contribution in [3.05, 3.63) is 11.8 Å². The summed E-state index contributed by atoms with van der Waals surface area (Å²) in [6.07, 6.45) is 1.37. The number of hydrogen-bond acceptors (Lipinski definition) is 4. The van der Waals surface area contributed by atoms with Crippen LogP contribution in [0, 0.1) is 0 Å². The van der Waals surface area contributed by atoms with Crippen molar-refractivity contribution in [1.29, 1.82) is 0 Å². The predicted octanol–water partition coefficient (Wildman–Crippen LogP) is -0.217. The normalized spacial score (nSPS) is 26.0. The van der Waals surface area contributed by atoms with Crippen LogP contribution in [0.5, 0.6) is 0 Å². The van der Waals surface area contributed by atoms with E-state index in [1.54, 1.807) is 6.20 Å². The van der Waals surface area contributed by atoms with Crippen LogP contribution in [0.15, 0.2) is 16.8 Å². The van der Waals surface area contributed by atoms with Crippen molar-refractivity contribution in [2.45, 2.75) is 20.1 Å². The van der Waals surface area contributed by atoms with E-state index in [1.165, 1.54) is 5.01 Å². The third-order valence-corrected chi connectivity index (χ3v) is 1.54. The molecule has 0 aromatic rings. The Bertz CT molecular complexity index is 172. The average molecular weight is 140 g/mol. The summed E-state index contributed by atoms with van der Waals surface area (Å²) >= 11 is 0. The molecule has 0 aliphatic carbocycles. The molecule has 4 nitrogen and oxygen atoms in total. The van der Waals surface area contributed by atoms with Gasteiger partial charge in [0.15, 0.2) is 6.29 Å². The van der Waals surface area contributed by atoms with Gasteiger partial charge in [-0.25, -0.2) is 10.8 Å². The van der Waals surface area contributed by atoms with Gasteiger partial charge < -0.3 is 0 Å². The topological polar surface area (TPSA) is 67.6 Å². The maximum Gasteiger partial charge on any atom is 0.186 e. The second kappa shape index (κ2) is 2.40. The highest BCUT2D eigenvalue weighted by Crippen LogP contribution is 2.06. The van der Waals surface area contributed by atoms with Crippen LogP contribution >= 0.6 is 0 Å². The molecule has 0 saturated heterocycles. The molecule has 0 aromatic carbocycles. The third kappa shape index (κ3) is 1.17. The molecule has 1 unspecified atom stereocenters. The lowest BCUT2D eigenvalue weighted by atomic mass is 10.2. The zero-order chi connectivity index (χ0) is 7.72. The first-order valence-electron chi connectivity index (χ1n) is 3.13. The van der Waals surface area contributed by atoms with Crippen molar-refractivity contribution in [3.8, 4) is 0 Å². The minimum atomic E-state index is -0.413. The smallest absolute Gasteiger partial charge is 0.186 e. The third-order valence-electron chi connectivity index (χ3n) is 1.54. The molecule has 0 radical (unpaired) electrons. The molecule has 1 atom stereocenters. The fraction of sp³-hybridized carbons (Fsp3) is 0.500. The Hall–Kier alpha value is -0.870. The minimum absolute atomic E-state index is 0.413. The zero-order valence-electron chi connectivity index (χ0n) is 6.20. The zero-order valence-corrected chi connectivity index (χ0v) is 6.20. The molecule has 4 N–H and O–H groups in total. The van der Waals surface area contributed by atoms with Crippen molar-refractivity contribution in [3.63, 3.8) is 0 Å². The van der Waals surface area contributed by atoms with E-state index in [0.717, 1.165) is 11.3 Å². The van der Waals surface area contributed by atoms with Gasteiger partial charge in [0.2, 0.25) is 0 Å². The average Bonchev–Trinajstić information content (AvgIpc) is 1.84. The van der Waals surface area contributed by atoms with Gasteiger partial charge in [-0.3, -0.25) is 10.7 Å². The first kappa shape index (κ1) is 7.24. The summed E-state index contributed by atoms with van der Waals surface area (Å²) < 4.78 is 0. The molecule has 1 heterocycles. The maximum atomic E-state index is 5.50. The number of rotatable bonds is 0. The van der Waals surface area contributed by atoms with Gasteiger partial charge >= 0.3 is 0 Å². The van der Waals surface area contributed by atoms with E-state index in [2.05, 4.69) is 4.99 Å². The van der Waals surface area contributed by atoms with Crippen LogP contribution in [0.25, 0.3) is 0 Å². The van der Waals surface area contributed by atoms with Gasteiger partial charge in [0.05, 0.1) is 0 Å². The second-order valence-electron chi connectivity index (χ2n) is 2.39. The Morgan fingerprint density at radius 3 is 2.70 bits per heavy atom. The van der Waals surface area contributed by atoms with Crippen LogP contribution in [0.4, 0.5) is 0 Å². The molecule has 0 fully saturated rings. The van der Waals surface area contributed by atoms with Crippen molar-refractivity contribution in [2.24, 2.45) is 16.6 Å². The van der Waals surface area contributed by atoms with Crippen LogP contribution in [0.1, 0.15) is 13.8 Å². The Morgan fingerprint density at radius 2 is 2.20 bits per heavy atom. The lowest BCUT2D eigenvalue weighted by Crippen LogP contribution is -2.44. The molecular weight excluding hydrogens is 128 g/mol. The number of hydrazine groups is 1. The molecule has 56 valence electrons. The summed E-state index contributed by atoms with van der Waals surface area (Å²) in [5.41, 5.74) is 7.51. The van der Waals surface area contributed by atoms with Crippen molar-refractivity contribution in [2.75, 3.05) is 0 Å². The molecule has 4 heteroatoms. The quantitative estimate of drug-likeness (QED) is 0.457. The molecule has 1 aliphatic heterocycles. The van der Waals surface area contributed by atoms with Gasteiger partial charge in [0.25, 0.3) is 0 Å². The molecule has 1 rings (SSSR count). The molecule has 0 spiro atoms. The molecule has 10 heavy (non-hydrogen) atoms. The van der Waals surface area contributed by atoms with Crippen molar-refractivity contribution >= 4 is 5.71 Å². The Morgan fingerprint density at radius 1 is 1.60 bits per heavy atom. The highest BCUT2D eigenvalue weighted by molar-refractivity contribution is 5.98. The monoisotopic (exact) mass is 140 g/mol. The Kier molecular flexibility index (Phi) is 1.74. The van der Waals surface area contributed by atoms with E-state index in [9.17, 15) is 0 Å². The van der Waals surface area contributed by atoms with E-state index >= 15 is 0 Å². The summed E-state index contributed by atoms with van der Waals surface area (Å²) in [5, 5.41) is 1.39. The molecule has 0 saturated carbocycles. The first-order chi connectivity index (χ1) is 4.61. The van der Waals surface area contributed by atoms with E-state index in [-0.39, 0.29) is 0 Å². The van der Waals surface area contributed by atoms with Crippen LogP contribution in [-0.4, -0.2) is 17.0 Å². The summed E-state index contributed by atoms with van der Waals surface area (Å²) in [7, 11) is 0. The van der Waals surface area contributed by atoms with E-state index in [0.29, 0.717) is 0 Å². The molecule has 0 bridgehead atoms. The fourth-order valence-electron chi connectivity index (χ4n) is 0.760. The molecule has 0 aromatic heterocycles. The van der Waals surface area contributed by atoms with Crippen molar-refractivity contribution in [1.82, 2.24) is 5.01 Å². The number of nitrogens with two attached hydrogens (primary N) is 2. The standard InChI is InChI=1S/C6H12N4/c1-4-3-10(8)6(7)9-5(4)2/h3,6H,7-8H2,1-2H3. The van der Waals surface area contributed by atoms with Crippen LogP contribution < -0.4 is 11.6 Å². The van der Waals surface area contributed by atoms with Gasteiger partial charge in [-0.2, -0.15) is 0 Å². The highest BCUT2D eigenvalue weighted by Gasteiger charge is 2.11. The Balaban J connectivity index is 2.83. The minimum Gasteiger partial charge on any atom is -0.291 e. The lowest BCUT2D eigenvalue weighted by molar-refractivity contribution is 0.293. The van der Waals surface area contributed by atoms with Crippen molar-refractivity contribution < 1.29 is 0 Å². The lowest BCUT2D eigenvalue weighted by Gasteiger charge is -2.24. The largest absolute Gasteiger partial charge is 0.291 e. The van der Waals surface area contributed by atoms with Crippen LogP contribution in [0.3, 0.4) is 0 Å². The van der Waals surface area contributed by atoms with E-state index in [4.69, 9.17) is 11.6 Å². The number of nitrogens with zero attached hydrogens (tertiary/aromatic N) is 2. The number of allylic oxidation sites excluding steroid dienone is 1. The fourth-order valence-corrected chi connectivity index (χ4v) is 0.760. The second-order valence-corrected chi connectivity index (χ2v) is 2.39. The Labute approximate surface area is 60.2 Å². The van der Waals surface area contributed by atoms with Gasteiger partial charge in [-0.1, -0.05) is 0 Å². The highest BCUT2D eigenvalue weighted by atomic mass is 15.5. The maximum absolute atomic E-state index is 5.50. The first-order valence-corrected chi connectivity index (χ1v) is 3.13. The number of aliphatic imine (C=N–C) groups is 1. The van der Waals surface area contributed by atoms with Gasteiger partial charge in [0.1, 0.15) is 0 Å². The number of hydrogen-bond donors (Lipinski definition) is 2. The van der Waals surface area contributed by atoms with Gasteiger partial charge in [-0.15, -0.1) is 0 Å². The summed E-state index contributed by atoms with van der Waals surface area (Å²) in [4.78, 5) is 4.07. The predicted molar refractivity (Wildman–Crippen MR) is 40.9 cm³/mol. The SMILES string of the molecule is CC1=CN(N)C(N)N=C1C. The van der Waals surface area contributed by atoms with E-state index in [1.807, 2.05) is 13.8 Å². The summed E-state index contributed by atoms with van der Waals surface area (Å²) in [6.45, 7) is 3.86. The summed E-state index contributed by atoms with van der Waals surface area (Å²) in [6, 6.07) is 0. The van der Waals surface area contributed by atoms with Crippen LogP contribution in [0.2, 0.25) is 0 Å². The molecule has 1 aliphatic rings. The van der Waals surface area contributed by atoms with Crippen LogP contribution in [-0.2, 0) is 0 Å². The molecule has 0 amide bonds. The van der Waals surface area contributed by atoms with Gasteiger partial charge in [0, 0.05) is 11.9 Å². The summed E-state index contributed by atoms with van der Waals surface area (Å²) in [5.74, 6) is 5.46. The van der Waals surface area contributed by atoms with E-state index < -0.39 is 6.29 Å². The van der Waals surface area contributed by atoms with Gasteiger partial charge in [-0.05, 0) is 19.4 Å².